The van der Waals surface area contributed by atoms with Crippen molar-refractivity contribution in [1.82, 2.24) is 9.78 Å². The Morgan fingerprint density at radius 1 is 1.11 bits per heavy atom. The lowest BCUT2D eigenvalue weighted by Crippen LogP contribution is -2.21. The molecule has 0 aliphatic rings. The molecule has 0 radical (unpaired) electrons. The number of methoxy groups -OCH3 is 2. The molecule has 3 rings (SSSR count). The lowest BCUT2D eigenvalue weighted by molar-refractivity contribution is 0.355. The molecule has 9 heteroatoms. The first-order valence-corrected chi connectivity index (χ1v) is 9.12. The molecule has 1 atom stereocenters. The van der Waals surface area contributed by atoms with Crippen LogP contribution in [-0.2, 0) is 24.7 Å². The van der Waals surface area contributed by atoms with Gasteiger partial charge in [-0.3, -0.25) is 14.1 Å². The van der Waals surface area contributed by atoms with Gasteiger partial charge in [0.1, 0.15) is 0 Å². The molecule has 1 aromatic heterocycles. The minimum absolute atomic E-state index is 0.223. The number of nitrogens with zero attached hydrogens (tertiary/aromatic N) is 2. The van der Waals surface area contributed by atoms with E-state index in [4.69, 9.17) is 14.0 Å². The monoisotopic (exact) mass is 389 g/mol. The molecule has 0 saturated heterocycles. The summed E-state index contributed by atoms with van der Waals surface area (Å²) in [5.74, 6) is 0.998. The molecule has 2 aromatic carbocycles. The van der Waals surface area contributed by atoms with Gasteiger partial charge in [0.25, 0.3) is 16.8 Å². The highest BCUT2D eigenvalue weighted by molar-refractivity contribution is 7.80. The summed E-state index contributed by atoms with van der Waals surface area (Å²) in [5, 5.41) is 5.59. The maximum atomic E-state index is 12.5. The van der Waals surface area contributed by atoms with Crippen LogP contribution in [0.25, 0.3) is 10.8 Å². The van der Waals surface area contributed by atoms with Crippen LogP contribution in [0, 0.1) is 0 Å². The SMILES string of the molecule is COc1cc2c(Cc3ccc(NS(=O)O)cc3)nn(C)c(=O)c2cc1OC. The van der Waals surface area contributed by atoms with Gasteiger partial charge < -0.3 is 9.47 Å². The van der Waals surface area contributed by atoms with Crippen LogP contribution >= 0.6 is 0 Å². The van der Waals surface area contributed by atoms with Crippen molar-refractivity contribution in [2.75, 3.05) is 18.9 Å². The first-order valence-electron chi connectivity index (χ1n) is 8.01. The first kappa shape index (κ1) is 18.9. The zero-order valence-electron chi connectivity index (χ0n) is 15.1. The minimum Gasteiger partial charge on any atom is -0.493 e. The molecule has 0 spiro atoms. The van der Waals surface area contributed by atoms with Crippen LogP contribution < -0.4 is 19.8 Å². The molecule has 27 heavy (non-hydrogen) atoms. The van der Waals surface area contributed by atoms with Gasteiger partial charge in [-0.25, -0.2) is 8.89 Å². The van der Waals surface area contributed by atoms with Gasteiger partial charge in [-0.05, 0) is 29.8 Å². The Morgan fingerprint density at radius 3 is 2.26 bits per heavy atom. The maximum absolute atomic E-state index is 12.5. The third kappa shape index (κ3) is 3.93. The fourth-order valence-corrected chi connectivity index (χ4v) is 3.20. The summed E-state index contributed by atoms with van der Waals surface area (Å²) in [7, 11) is 4.66. The van der Waals surface area contributed by atoms with Gasteiger partial charge in [0, 0.05) is 24.5 Å². The smallest absolute Gasteiger partial charge is 0.274 e. The van der Waals surface area contributed by atoms with E-state index in [9.17, 15) is 9.00 Å². The van der Waals surface area contributed by atoms with Gasteiger partial charge in [-0.1, -0.05) is 12.1 Å². The van der Waals surface area contributed by atoms with Crippen LogP contribution in [0.5, 0.6) is 11.5 Å². The quantitative estimate of drug-likeness (QED) is 0.626. The van der Waals surface area contributed by atoms with Crippen LogP contribution in [0.3, 0.4) is 0 Å². The molecule has 0 saturated carbocycles. The largest absolute Gasteiger partial charge is 0.493 e. The summed E-state index contributed by atoms with van der Waals surface area (Å²) in [5.41, 5.74) is 1.95. The van der Waals surface area contributed by atoms with Crippen LogP contribution in [0.2, 0.25) is 0 Å². The van der Waals surface area contributed by atoms with Crippen molar-refractivity contribution >= 4 is 27.7 Å². The molecule has 142 valence electrons. The molecule has 0 aliphatic carbocycles. The predicted molar refractivity (Wildman–Crippen MR) is 104 cm³/mol. The Morgan fingerprint density at radius 2 is 1.70 bits per heavy atom. The van der Waals surface area contributed by atoms with Crippen LogP contribution in [0.15, 0.2) is 41.2 Å². The van der Waals surface area contributed by atoms with Gasteiger partial charge in [0.15, 0.2) is 11.5 Å². The highest BCUT2D eigenvalue weighted by Gasteiger charge is 2.14. The van der Waals surface area contributed by atoms with Gasteiger partial charge in [-0.15, -0.1) is 0 Å². The Hall–Kier alpha value is -2.91. The first-order chi connectivity index (χ1) is 12.9. The molecule has 0 amide bonds. The van der Waals surface area contributed by atoms with Crippen molar-refractivity contribution < 1.29 is 18.2 Å². The second kappa shape index (κ2) is 7.77. The van der Waals surface area contributed by atoms with Crippen molar-refractivity contribution in [3.05, 3.63) is 58.0 Å². The molecule has 3 aromatic rings. The summed E-state index contributed by atoms with van der Waals surface area (Å²) < 4.78 is 34.0. The Labute approximate surface area is 158 Å². The van der Waals surface area contributed by atoms with Crippen LogP contribution in [0.1, 0.15) is 11.3 Å². The highest BCUT2D eigenvalue weighted by Crippen LogP contribution is 2.32. The van der Waals surface area contributed by atoms with E-state index < -0.39 is 11.3 Å². The Balaban J connectivity index is 2.07. The summed E-state index contributed by atoms with van der Waals surface area (Å²) in [6.07, 6.45) is 0.475. The predicted octanol–water partition coefficient (Wildman–Crippen LogP) is 2.09. The van der Waals surface area contributed by atoms with Gasteiger partial charge >= 0.3 is 0 Å². The molecule has 1 heterocycles. The second-order valence-corrected chi connectivity index (χ2v) is 6.56. The Bertz CT molecular complexity index is 1060. The average Bonchev–Trinajstić information content (AvgIpc) is 2.66. The van der Waals surface area contributed by atoms with E-state index in [1.807, 2.05) is 12.1 Å². The number of hydrogen-bond donors (Lipinski definition) is 2. The lowest BCUT2D eigenvalue weighted by atomic mass is 10.0. The third-order valence-corrected chi connectivity index (χ3v) is 4.57. The third-order valence-electron chi connectivity index (χ3n) is 4.16. The highest BCUT2D eigenvalue weighted by atomic mass is 32.2. The van der Waals surface area contributed by atoms with Gasteiger partial charge in [0.2, 0.25) is 0 Å². The second-order valence-electron chi connectivity index (χ2n) is 5.85. The number of fused-ring (bicyclic) bond motifs is 1. The average molecular weight is 389 g/mol. The van der Waals surface area contributed by atoms with E-state index in [2.05, 4.69) is 9.82 Å². The van der Waals surface area contributed by atoms with E-state index in [1.165, 1.54) is 18.9 Å². The maximum Gasteiger partial charge on any atom is 0.274 e. The molecule has 0 aliphatic heterocycles. The van der Waals surface area contributed by atoms with Crippen LogP contribution in [0.4, 0.5) is 5.69 Å². The summed E-state index contributed by atoms with van der Waals surface area (Å²) in [6.45, 7) is 0. The normalized spacial score (nSPS) is 12.0. The molecule has 0 fully saturated rings. The number of rotatable bonds is 6. The standard InChI is InChI=1S/C18H19N3O5S/c1-21-18(22)14-10-17(26-3)16(25-2)9-13(14)15(19-21)8-11-4-6-12(7-5-11)20-27(23)24/h4-7,9-10,20H,8H2,1-3H3,(H,23,24). The van der Waals surface area contributed by atoms with E-state index >= 15 is 0 Å². The van der Waals surface area contributed by atoms with Gasteiger partial charge in [-0.2, -0.15) is 5.10 Å². The molecular formula is C18H19N3O5S. The lowest BCUT2D eigenvalue weighted by Gasteiger charge is -2.13. The van der Waals surface area contributed by atoms with Crippen molar-refractivity contribution in [3.8, 4) is 11.5 Å². The number of anilines is 1. The number of aromatic nitrogens is 2. The van der Waals surface area contributed by atoms with Crippen molar-refractivity contribution in [1.29, 1.82) is 0 Å². The number of nitrogens with one attached hydrogen (secondary N) is 1. The molecule has 1 unspecified atom stereocenters. The fourth-order valence-electron chi connectivity index (χ4n) is 2.86. The Kier molecular flexibility index (Phi) is 5.43. The van der Waals surface area contributed by atoms with E-state index in [1.54, 1.807) is 31.3 Å². The van der Waals surface area contributed by atoms with Crippen molar-refractivity contribution in [3.63, 3.8) is 0 Å². The van der Waals surface area contributed by atoms with Crippen LogP contribution in [-0.4, -0.2) is 32.8 Å². The van der Waals surface area contributed by atoms with Crippen molar-refractivity contribution in [2.24, 2.45) is 7.05 Å². The number of benzene rings is 2. The van der Waals surface area contributed by atoms with E-state index in [0.717, 1.165) is 5.56 Å². The fraction of sp³-hybridized carbons (Fsp3) is 0.222. The summed E-state index contributed by atoms with van der Waals surface area (Å²) in [4.78, 5) is 12.5. The minimum atomic E-state index is -2.12. The molecule has 8 nitrogen and oxygen atoms in total. The summed E-state index contributed by atoms with van der Waals surface area (Å²) in [6, 6.07) is 10.5. The number of hydrogen-bond acceptors (Lipinski definition) is 5. The molecule has 2 N–H and O–H groups in total. The zero-order valence-corrected chi connectivity index (χ0v) is 15.9. The zero-order chi connectivity index (χ0) is 19.6. The number of aryl methyl sites for hydroxylation is 1. The topological polar surface area (TPSA) is 103 Å². The molecular weight excluding hydrogens is 370 g/mol. The number of ether oxygens (including phenoxy) is 2. The summed E-state index contributed by atoms with van der Waals surface area (Å²) >= 11 is -2.12. The van der Waals surface area contributed by atoms with E-state index in [-0.39, 0.29) is 5.56 Å². The van der Waals surface area contributed by atoms with Crippen molar-refractivity contribution in [2.45, 2.75) is 6.42 Å². The van der Waals surface area contributed by atoms with Gasteiger partial charge in [0.05, 0.1) is 25.3 Å². The van der Waals surface area contributed by atoms with E-state index in [0.29, 0.717) is 40.1 Å². The molecule has 0 bridgehead atoms.